The van der Waals surface area contributed by atoms with Crippen molar-refractivity contribution in [2.75, 3.05) is 20.7 Å². The second-order valence-corrected chi connectivity index (χ2v) is 5.80. The quantitative estimate of drug-likeness (QED) is 0.788. The molecule has 4 heteroatoms. The number of carbonyl (C=O) groups is 1. The van der Waals surface area contributed by atoms with E-state index in [1.807, 2.05) is 43.4 Å². The molecule has 0 aliphatic rings. The van der Waals surface area contributed by atoms with Crippen molar-refractivity contribution in [1.29, 1.82) is 0 Å². The molecule has 0 bridgehead atoms. The van der Waals surface area contributed by atoms with Crippen molar-refractivity contribution < 1.29 is 9.53 Å². The fraction of sp³-hybridized carbons (Fsp3) is 0.368. The van der Waals surface area contributed by atoms with Gasteiger partial charge in [0.25, 0.3) is 0 Å². The number of likely N-dealkylation sites (N-methyl/N-ethyl adjacent to an activating group) is 1. The zero-order valence-electron chi connectivity index (χ0n) is 14.0. The van der Waals surface area contributed by atoms with E-state index in [2.05, 4.69) is 11.9 Å². The Balaban J connectivity index is 1.87. The number of methoxy groups -OCH3 is 1. The third-order valence-electron chi connectivity index (χ3n) is 4.05. The van der Waals surface area contributed by atoms with E-state index in [0.29, 0.717) is 13.0 Å². The lowest BCUT2D eigenvalue weighted by molar-refractivity contribution is -0.130. The van der Waals surface area contributed by atoms with Crippen LogP contribution in [0.2, 0.25) is 0 Å². The van der Waals surface area contributed by atoms with Crippen LogP contribution in [0.3, 0.4) is 0 Å². The number of carbonyl (C=O) groups excluding carboxylic acids is 1. The molecule has 4 nitrogen and oxygen atoms in total. The minimum atomic E-state index is 0.161. The maximum atomic E-state index is 12.4. The molecule has 1 unspecified atom stereocenters. The van der Waals surface area contributed by atoms with Crippen molar-refractivity contribution >= 4 is 5.91 Å². The predicted octanol–water partition coefficient (Wildman–Crippen LogP) is 3.28. The smallest absolute Gasteiger partial charge is 0.222 e. The van der Waals surface area contributed by atoms with Gasteiger partial charge in [-0.1, -0.05) is 19.1 Å². The topological polar surface area (TPSA) is 42.4 Å². The molecule has 0 saturated heterocycles. The van der Waals surface area contributed by atoms with Crippen molar-refractivity contribution in [3.63, 3.8) is 0 Å². The van der Waals surface area contributed by atoms with E-state index in [1.54, 1.807) is 24.4 Å². The van der Waals surface area contributed by atoms with E-state index < -0.39 is 0 Å². The summed E-state index contributed by atoms with van der Waals surface area (Å²) in [5.41, 5.74) is 2.32. The van der Waals surface area contributed by atoms with Crippen molar-refractivity contribution in [3.05, 3.63) is 59.9 Å². The normalized spacial score (nSPS) is 11.8. The van der Waals surface area contributed by atoms with Crippen LogP contribution in [-0.4, -0.2) is 36.5 Å². The minimum absolute atomic E-state index is 0.161. The average molecular weight is 312 g/mol. The van der Waals surface area contributed by atoms with Crippen LogP contribution in [0.1, 0.15) is 30.4 Å². The standard InChI is InChI=1S/C19H24N2O2/c1-15(17-5-4-6-18(14-17)23-3)13-19(22)21(2)12-9-16-7-10-20-11-8-16/h4-8,10-11,14-15H,9,12-13H2,1-3H3. The van der Waals surface area contributed by atoms with Gasteiger partial charge in [-0.15, -0.1) is 0 Å². The van der Waals surface area contributed by atoms with Gasteiger partial charge in [0.05, 0.1) is 7.11 Å². The molecule has 0 aliphatic carbocycles. The molecule has 0 spiro atoms. The average Bonchev–Trinajstić information content (AvgIpc) is 2.60. The minimum Gasteiger partial charge on any atom is -0.497 e. The summed E-state index contributed by atoms with van der Waals surface area (Å²) in [4.78, 5) is 18.2. The zero-order chi connectivity index (χ0) is 16.7. The number of pyridine rings is 1. The van der Waals surface area contributed by atoms with Gasteiger partial charge in [0, 0.05) is 32.4 Å². The predicted molar refractivity (Wildman–Crippen MR) is 91.6 cm³/mol. The molecule has 23 heavy (non-hydrogen) atoms. The summed E-state index contributed by atoms with van der Waals surface area (Å²) < 4.78 is 5.24. The Morgan fingerprint density at radius 1 is 1.26 bits per heavy atom. The molecular formula is C19H24N2O2. The first-order chi connectivity index (χ1) is 11.1. The number of nitrogens with zero attached hydrogens (tertiary/aromatic N) is 2. The summed E-state index contributed by atoms with van der Waals surface area (Å²) in [6.07, 6.45) is 4.91. The molecule has 0 fully saturated rings. The van der Waals surface area contributed by atoms with E-state index in [-0.39, 0.29) is 11.8 Å². The van der Waals surface area contributed by atoms with Crippen LogP contribution in [0.4, 0.5) is 0 Å². The van der Waals surface area contributed by atoms with Gasteiger partial charge in [0.2, 0.25) is 5.91 Å². The molecule has 2 aromatic rings. The molecule has 1 aromatic heterocycles. The summed E-state index contributed by atoms with van der Waals surface area (Å²) in [6, 6.07) is 11.9. The van der Waals surface area contributed by atoms with Crippen LogP contribution in [0.5, 0.6) is 5.75 Å². The van der Waals surface area contributed by atoms with Crippen LogP contribution in [-0.2, 0) is 11.2 Å². The molecule has 0 saturated carbocycles. The second-order valence-electron chi connectivity index (χ2n) is 5.80. The van der Waals surface area contributed by atoms with Crippen molar-refractivity contribution in [2.45, 2.75) is 25.7 Å². The molecule has 2 rings (SSSR count). The third kappa shape index (κ3) is 5.09. The molecular weight excluding hydrogens is 288 g/mol. The molecule has 0 aliphatic heterocycles. The number of amides is 1. The lowest BCUT2D eigenvalue weighted by Crippen LogP contribution is -2.29. The Morgan fingerprint density at radius 3 is 2.70 bits per heavy atom. The lowest BCUT2D eigenvalue weighted by atomic mass is 9.97. The van der Waals surface area contributed by atoms with Crippen LogP contribution in [0.25, 0.3) is 0 Å². The summed E-state index contributed by atoms with van der Waals surface area (Å²) in [5.74, 6) is 1.16. The van der Waals surface area contributed by atoms with Gasteiger partial charge in [-0.05, 0) is 47.7 Å². The SMILES string of the molecule is COc1cccc(C(C)CC(=O)N(C)CCc2ccncc2)c1. The van der Waals surface area contributed by atoms with Gasteiger partial charge in [-0.2, -0.15) is 0 Å². The zero-order valence-corrected chi connectivity index (χ0v) is 14.0. The van der Waals surface area contributed by atoms with Crippen LogP contribution >= 0.6 is 0 Å². The molecule has 1 amide bonds. The summed E-state index contributed by atoms with van der Waals surface area (Å²) >= 11 is 0. The number of benzene rings is 1. The van der Waals surface area contributed by atoms with E-state index in [4.69, 9.17) is 4.74 Å². The number of hydrogen-bond acceptors (Lipinski definition) is 3. The Bertz CT molecular complexity index is 628. The Hall–Kier alpha value is -2.36. The number of rotatable bonds is 7. The first-order valence-electron chi connectivity index (χ1n) is 7.87. The van der Waals surface area contributed by atoms with Crippen LogP contribution < -0.4 is 4.74 Å². The highest BCUT2D eigenvalue weighted by Crippen LogP contribution is 2.23. The first-order valence-corrected chi connectivity index (χ1v) is 7.87. The van der Waals surface area contributed by atoms with Crippen molar-refractivity contribution in [2.24, 2.45) is 0 Å². The van der Waals surface area contributed by atoms with E-state index in [0.717, 1.165) is 17.7 Å². The summed E-state index contributed by atoms with van der Waals surface area (Å²) in [5, 5.41) is 0. The highest BCUT2D eigenvalue weighted by molar-refractivity contribution is 5.76. The van der Waals surface area contributed by atoms with E-state index >= 15 is 0 Å². The van der Waals surface area contributed by atoms with E-state index in [9.17, 15) is 4.79 Å². The van der Waals surface area contributed by atoms with Gasteiger partial charge in [0.1, 0.15) is 5.75 Å². The van der Waals surface area contributed by atoms with Gasteiger partial charge in [-0.25, -0.2) is 0 Å². The van der Waals surface area contributed by atoms with Crippen LogP contribution in [0, 0.1) is 0 Å². The van der Waals surface area contributed by atoms with Gasteiger partial charge in [0.15, 0.2) is 0 Å². The molecule has 0 radical (unpaired) electrons. The maximum absolute atomic E-state index is 12.4. The van der Waals surface area contributed by atoms with E-state index in [1.165, 1.54) is 5.56 Å². The van der Waals surface area contributed by atoms with Crippen molar-refractivity contribution in [3.8, 4) is 5.75 Å². The molecule has 1 atom stereocenters. The lowest BCUT2D eigenvalue weighted by Gasteiger charge is -2.20. The Morgan fingerprint density at radius 2 is 2.00 bits per heavy atom. The highest BCUT2D eigenvalue weighted by Gasteiger charge is 2.15. The fourth-order valence-corrected chi connectivity index (χ4v) is 2.45. The summed E-state index contributed by atoms with van der Waals surface area (Å²) in [7, 11) is 3.52. The Kier molecular flexibility index (Phi) is 6.15. The molecule has 1 aromatic carbocycles. The van der Waals surface area contributed by atoms with Crippen molar-refractivity contribution in [1.82, 2.24) is 9.88 Å². The largest absolute Gasteiger partial charge is 0.497 e. The Labute approximate surface area is 138 Å². The maximum Gasteiger partial charge on any atom is 0.222 e. The molecule has 1 heterocycles. The van der Waals surface area contributed by atoms with Gasteiger partial charge < -0.3 is 9.64 Å². The highest BCUT2D eigenvalue weighted by atomic mass is 16.5. The van der Waals surface area contributed by atoms with Gasteiger partial charge >= 0.3 is 0 Å². The van der Waals surface area contributed by atoms with Gasteiger partial charge in [-0.3, -0.25) is 9.78 Å². The number of aromatic nitrogens is 1. The monoisotopic (exact) mass is 312 g/mol. The second kappa shape index (κ2) is 8.32. The number of ether oxygens (including phenoxy) is 1. The third-order valence-corrected chi connectivity index (χ3v) is 4.05. The number of hydrogen-bond donors (Lipinski definition) is 0. The molecule has 0 N–H and O–H groups in total. The van der Waals surface area contributed by atoms with Crippen LogP contribution in [0.15, 0.2) is 48.8 Å². The fourth-order valence-electron chi connectivity index (χ4n) is 2.45. The first kappa shape index (κ1) is 17.0. The summed E-state index contributed by atoms with van der Waals surface area (Å²) in [6.45, 7) is 2.79. The molecule has 122 valence electrons.